The van der Waals surface area contributed by atoms with E-state index in [1.165, 1.54) is 18.2 Å². The molecule has 0 saturated heterocycles. The molecule has 26 heavy (non-hydrogen) atoms. The number of alkyl halides is 2. The monoisotopic (exact) mass is 361 g/mol. The number of nitrogens with zero attached hydrogens (tertiary/aromatic N) is 3. The van der Waals surface area contributed by atoms with Crippen LogP contribution in [-0.2, 0) is 4.74 Å². The van der Waals surface area contributed by atoms with Crippen LogP contribution >= 0.6 is 0 Å². The molecule has 0 aliphatic heterocycles. The van der Waals surface area contributed by atoms with Gasteiger partial charge in [-0.1, -0.05) is 11.2 Å². The van der Waals surface area contributed by atoms with Gasteiger partial charge in [-0.05, 0) is 37.3 Å². The van der Waals surface area contributed by atoms with Crippen molar-refractivity contribution >= 4 is 5.97 Å². The highest BCUT2D eigenvalue weighted by atomic mass is 19.3. The molecule has 1 unspecified atom stereocenters. The Balaban J connectivity index is 1.69. The molecule has 0 aliphatic carbocycles. The van der Waals surface area contributed by atoms with Gasteiger partial charge in [0, 0.05) is 18.0 Å². The Morgan fingerprint density at radius 2 is 2.08 bits per heavy atom. The van der Waals surface area contributed by atoms with Crippen LogP contribution in [0.4, 0.5) is 8.78 Å². The van der Waals surface area contributed by atoms with Crippen molar-refractivity contribution in [3.63, 3.8) is 0 Å². The zero-order valence-electron chi connectivity index (χ0n) is 13.5. The highest BCUT2D eigenvalue weighted by molar-refractivity contribution is 5.90. The van der Waals surface area contributed by atoms with Crippen molar-refractivity contribution in [3.8, 4) is 17.1 Å². The van der Waals surface area contributed by atoms with E-state index in [-0.39, 0.29) is 17.2 Å². The number of carbonyl (C=O) groups excluding carboxylic acids is 1. The number of esters is 1. The predicted octanol–water partition coefficient (Wildman–Crippen LogP) is 3.65. The highest BCUT2D eigenvalue weighted by Crippen LogP contribution is 2.22. The Hall–Kier alpha value is -3.36. The fraction of sp³-hybridized carbons (Fsp3) is 0.176. The van der Waals surface area contributed by atoms with E-state index in [4.69, 9.17) is 9.26 Å². The first-order chi connectivity index (χ1) is 12.5. The minimum absolute atomic E-state index is 0.0574. The SMILES string of the molecule is CC(OC(=O)c1cccc(OC(F)F)c1)c1nc(-c2cccnc2)no1. The quantitative estimate of drug-likeness (QED) is 0.619. The maximum atomic E-state index is 12.3. The van der Waals surface area contributed by atoms with Crippen LogP contribution in [0, 0.1) is 0 Å². The Morgan fingerprint density at radius 3 is 2.81 bits per heavy atom. The standard InChI is InChI=1S/C17H13F2N3O4/c1-10(15-21-14(22-26-15)12-5-3-7-20-9-12)24-16(23)11-4-2-6-13(8-11)25-17(18)19/h2-10,17H,1H3. The largest absolute Gasteiger partial charge is 0.449 e. The summed E-state index contributed by atoms with van der Waals surface area (Å²) in [5, 5.41) is 3.81. The molecule has 0 saturated carbocycles. The lowest BCUT2D eigenvalue weighted by atomic mass is 10.2. The smallest absolute Gasteiger partial charge is 0.387 e. The molecule has 2 heterocycles. The molecule has 0 aliphatic rings. The van der Waals surface area contributed by atoms with Crippen molar-refractivity contribution in [1.82, 2.24) is 15.1 Å². The zero-order valence-corrected chi connectivity index (χ0v) is 13.5. The van der Waals surface area contributed by atoms with E-state index in [0.29, 0.717) is 11.4 Å². The molecular formula is C17H13F2N3O4. The summed E-state index contributed by atoms with van der Waals surface area (Å²) >= 11 is 0. The second-order valence-electron chi connectivity index (χ2n) is 5.15. The Morgan fingerprint density at radius 1 is 1.23 bits per heavy atom. The van der Waals surface area contributed by atoms with Gasteiger partial charge in [-0.2, -0.15) is 13.8 Å². The van der Waals surface area contributed by atoms with E-state index in [1.54, 1.807) is 31.5 Å². The summed E-state index contributed by atoms with van der Waals surface area (Å²) in [5.41, 5.74) is 0.708. The van der Waals surface area contributed by atoms with Gasteiger partial charge in [-0.15, -0.1) is 0 Å². The summed E-state index contributed by atoms with van der Waals surface area (Å²) in [6.45, 7) is -1.43. The van der Waals surface area contributed by atoms with Crippen LogP contribution in [-0.4, -0.2) is 27.7 Å². The van der Waals surface area contributed by atoms with Gasteiger partial charge in [0.2, 0.25) is 5.82 Å². The van der Waals surface area contributed by atoms with E-state index < -0.39 is 18.7 Å². The van der Waals surface area contributed by atoms with Gasteiger partial charge in [0.15, 0.2) is 6.10 Å². The molecule has 7 nitrogen and oxygen atoms in total. The molecule has 3 aromatic rings. The molecule has 0 amide bonds. The third kappa shape index (κ3) is 4.18. The van der Waals surface area contributed by atoms with Gasteiger partial charge in [-0.3, -0.25) is 4.98 Å². The number of carbonyl (C=O) groups is 1. The lowest BCUT2D eigenvalue weighted by Crippen LogP contribution is -2.10. The molecule has 2 aromatic heterocycles. The van der Waals surface area contributed by atoms with Crippen LogP contribution in [0.5, 0.6) is 5.75 Å². The summed E-state index contributed by atoms with van der Waals surface area (Å²) in [7, 11) is 0. The normalized spacial score (nSPS) is 12.0. The number of aromatic nitrogens is 3. The molecule has 1 atom stereocenters. The van der Waals surface area contributed by atoms with Crippen LogP contribution in [0.1, 0.15) is 29.3 Å². The maximum Gasteiger partial charge on any atom is 0.387 e. The summed E-state index contributed by atoms with van der Waals surface area (Å²) in [5.74, 6) is -0.474. The fourth-order valence-electron chi connectivity index (χ4n) is 2.09. The summed E-state index contributed by atoms with van der Waals surface area (Å²) in [6, 6.07) is 8.78. The van der Waals surface area contributed by atoms with Crippen molar-refractivity contribution in [1.29, 1.82) is 0 Å². The second-order valence-corrected chi connectivity index (χ2v) is 5.15. The second kappa shape index (κ2) is 7.68. The topological polar surface area (TPSA) is 87.3 Å². The van der Waals surface area contributed by atoms with Crippen LogP contribution in [0.25, 0.3) is 11.4 Å². The number of hydrogen-bond acceptors (Lipinski definition) is 7. The molecule has 0 N–H and O–H groups in total. The van der Waals surface area contributed by atoms with Crippen molar-refractivity contribution in [2.45, 2.75) is 19.6 Å². The molecule has 9 heteroatoms. The third-order valence-electron chi connectivity index (χ3n) is 3.29. The van der Waals surface area contributed by atoms with Gasteiger partial charge in [0.05, 0.1) is 5.56 Å². The van der Waals surface area contributed by atoms with Crippen molar-refractivity contribution in [2.24, 2.45) is 0 Å². The van der Waals surface area contributed by atoms with Gasteiger partial charge < -0.3 is 14.0 Å². The minimum atomic E-state index is -2.98. The average molecular weight is 361 g/mol. The summed E-state index contributed by atoms with van der Waals surface area (Å²) in [6.07, 6.45) is 2.35. The van der Waals surface area contributed by atoms with Crippen LogP contribution < -0.4 is 4.74 Å². The molecule has 0 radical (unpaired) electrons. The number of pyridine rings is 1. The summed E-state index contributed by atoms with van der Waals surface area (Å²) < 4.78 is 39.1. The Labute approximate surface area is 146 Å². The van der Waals surface area contributed by atoms with E-state index in [1.807, 2.05) is 0 Å². The number of hydrogen-bond donors (Lipinski definition) is 0. The van der Waals surface area contributed by atoms with E-state index in [9.17, 15) is 13.6 Å². The van der Waals surface area contributed by atoms with Crippen molar-refractivity contribution in [2.75, 3.05) is 0 Å². The average Bonchev–Trinajstić information content (AvgIpc) is 3.12. The Bertz CT molecular complexity index is 886. The number of benzene rings is 1. The molecule has 134 valence electrons. The number of rotatable bonds is 6. The highest BCUT2D eigenvalue weighted by Gasteiger charge is 2.20. The van der Waals surface area contributed by atoms with Gasteiger partial charge in [0.1, 0.15) is 5.75 Å². The first kappa shape index (κ1) is 17.5. The zero-order chi connectivity index (χ0) is 18.5. The van der Waals surface area contributed by atoms with E-state index >= 15 is 0 Å². The fourth-order valence-corrected chi connectivity index (χ4v) is 2.09. The van der Waals surface area contributed by atoms with Crippen LogP contribution in [0.2, 0.25) is 0 Å². The van der Waals surface area contributed by atoms with Crippen molar-refractivity contribution in [3.05, 3.63) is 60.2 Å². The van der Waals surface area contributed by atoms with Crippen LogP contribution in [0.3, 0.4) is 0 Å². The maximum absolute atomic E-state index is 12.3. The lowest BCUT2D eigenvalue weighted by molar-refractivity contribution is -0.0499. The molecule has 0 spiro atoms. The molecule has 0 bridgehead atoms. The summed E-state index contributed by atoms with van der Waals surface area (Å²) in [4.78, 5) is 20.3. The minimum Gasteiger partial charge on any atom is -0.449 e. The number of ether oxygens (including phenoxy) is 2. The van der Waals surface area contributed by atoms with Gasteiger partial charge >= 0.3 is 12.6 Å². The predicted molar refractivity (Wildman–Crippen MR) is 84.4 cm³/mol. The molecule has 0 fully saturated rings. The van der Waals surface area contributed by atoms with E-state index in [2.05, 4.69) is 19.9 Å². The van der Waals surface area contributed by atoms with Gasteiger partial charge in [0.25, 0.3) is 5.89 Å². The van der Waals surface area contributed by atoms with Crippen LogP contribution in [0.15, 0.2) is 53.3 Å². The first-order valence-corrected chi connectivity index (χ1v) is 7.53. The molecule has 1 aromatic carbocycles. The van der Waals surface area contributed by atoms with Gasteiger partial charge in [-0.25, -0.2) is 4.79 Å². The van der Waals surface area contributed by atoms with Crippen molar-refractivity contribution < 1.29 is 27.6 Å². The molecule has 3 rings (SSSR count). The third-order valence-corrected chi connectivity index (χ3v) is 3.29. The lowest BCUT2D eigenvalue weighted by Gasteiger charge is -2.10. The molecular weight excluding hydrogens is 348 g/mol. The first-order valence-electron chi connectivity index (χ1n) is 7.53. The van der Waals surface area contributed by atoms with E-state index in [0.717, 1.165) is 6.07 Å². The Kier molecular flexibility index (Phi) is 5.16. The number of halogens is 2.